The number of esters is 1. The summed E-state index contributed by atoms with van der Waals surface area (Å²) in [6.45, 7) is 0.760. The minimum Gasteiger partial charge on any atom is -0.507 e. The number of anilines is 1. The van der Waals surface area contributed by atoms with E-state index in [1.54, 1.807) is 30.3 Å². The number of ether oxygens (including phenoxy) is 1. The number of rotatable bonds is 5. The third-order valence-electron chi connectivity index (χ3n) is 8.15. The van der Waals surface area contributed by atoms with Crippen LogP contribution in [0.25, 0.3) is 16.9 Å². The third kappa shape index (κ3) is 4.54. The lowest BCUT2D eigenvalue weighted by Gasteiger charge is -2.48. The minimum absolute atomic E-state index is 0.0161. The Bertz CT molecular complexity index is 1530. The van der Waals surface area contributed by atoms with E-state index in [0.717, 1.165) is 0 Å². The highest BCUT2D eigenvalue weighted by Gasteiger charge is 2.63. The average Bonchev–Trinajstić information content (AvgIpc) is 2.90. The van der Waals surface area contributed by atoms with Crippen LogP contribution in [0.3, 0.4) is 0 Å². The monoisotopic (exact) mass is 564 g/mol. The molecule has 0 spiro atoms. The molecule has 41 heavy (non-hydrogen) atoms. The summed E-state index contributed by atoms with van der Waals surface area (Å²) in [5.41, 5.74) is 4.66. The van der Waals surface area contributed by atoms with E-state index in [9.17, 15) is 44.4 Å². The molecule has 0 heterocycles. The molecule has 2 aromatic carbocycles. The Morgan fingerprint density at radius 3 is 2.39 bits per heavy atom. The molecule has 0 saturated heterocycles. The molecule has 2 fully saturated rings. The molecule has 0 radical (unpaired) electrons. The molecule has 7 N–H and O–H groups in total. The molecular weight excluding hydrogens is 536 g/mol. The first kappa shape index (κ1) is 28.0. The molecule has 2 aromatic rings. The van der Waals surface area contributed by atoms with Crippen molar-refractivity contribution in [1.29, 1.82) is 0 Å². The van der Waals surface area contributed by atoms with Gasteiger partial charge in [0.1, 0.15) is 17.4 Å². The van der Waals surface area contributed by atoms with Crippen LogP contribution in [0.1, 0.15) is 30.9 Å². The van der Waals surface area contributed by atoms with Gasteiger partial charge in [-0.2, -0.15) is 0 Å². The van der Waals surface area contributed by atoms with Gasteiger partial charge in [-0.3, -0.25) is 24.0 Å². The molecule has 12 heteroatoms. The van der Waals surface area contributed by atoms with Crippen molar-refractivity contribution in [3.63, 3.8) is 0 Å². The van der Waals surface area contributed by atoms with Gasteiger partial charge in [-0.15, -0.1) is 0 Å². The first-order valence-corrected chi connectivity index (χ1v) is 12.9. The Morgan fingerprint density at radius 1 is 1.07 bits per heavy atom. The molecule has 12 nitrogen and oxygen atoms in total. The normalized spacial score (nSPS) is 26.9. The van der Waals surface area contributed by atoms with Crippen LogP contribution in [-0.4, -0.2) is 68.1 Å². The first-order valence-electron chi connectivity index (χ1n) is 12.9. The number of nitrogens with two attached hydrogens (primary N) is 1. The number of aliphatic hydroxyl groups is 3. The number of phenols is 1. The van der Waals surface area contributed by atoms with Crippen molar-refractivity contribution < 1.29 is 49.1 Å². The molecule has 2 amide bonds. The maximum atomic E-state index is 13.6. The number of nitrogens with one attached hydrogen (secondary N) is 1. The number of hydrogen-bond acceptors (Lipinski definition) is 10. The summed E-state index contributed by atoms with van der Waals surface area (Å²) >= 11 is 0. The summed E-state index contributed by atoms with van der Waals surface area (Å²) in [7, 11) is 0. The molecule has 5 atom stereocenters. The number of amides is 2. The van der Waals surface area contributed by atoms with Crippen LogP contribution in [0.4, 0.5) is 5.69 Å². The Balaban J connectivity index is 1.51. The zero-order valence-corrected chi connectivity index (χ0v) is 21.9. The summed E-state index contributed by atoms with van der Waals surface area (Å²) in [6.07, 6.45) is -1.45. The number of fused-ring (bicyclic) bond motifs is 3. The van der Waals surface area contributed by atoms with Crippen LogP contribution in [0, 0.1) is 17.8 Å². The van der Waals surface area contributed by atoms with Crippen molar-refractivity contribution in [3.8, 4) is 16.9 Å². The van der Waals surface area contributed by atoms with Gasteiger partial charge in [0.2, 0.25) is 11.7 Å². The van der Waals surface area contributed by atoms with Crippen molar-refractivity contribution in [2.45, 2.75) is 37.9 Å². The molecule has 0 aliphatic heterocycles. The number of carbonyl (C=O) groups excluding carboxylic acids is 5. The fraction of sp³-hybridized carbons (Fsp3) is 0.345. The van der Waals surface area contributed by atoms with Crippen molar-refractivity contribution in [1.82, 2.24) is 0 Å². The third-order valence-corrected chi connectivity index (χ3v) is 8.15. The molecular formula is C29H28N2O10. The summed E-state index contributed by atoms with van der Waals surface area (Å²) in [5.74, 6) is -8.83. The Labute approximate surface area is 233 Å². The molecule has 0 bridgehead atoms. The zero-order chi connectivity index (χ0) is 29.8. The molecule has 0 aromatic heterocycles. The summed E-state index contributed by atoms with van der Waals surface area (Å²) < 4.78 is 4.67. The van der Waals surface area contributed by atoms with Gasteiger partial charge in [0.25, 0.3) is 5.91 Å². The molecule has 2 unspecified atom stereocenters. The lowest BCUT2D eigenvalue weighted by Crippen LogP contribution is -2.66. The molecule has 5 rings (SSSR count). The summed E-state index contributed by atoms with van der Waals surface area (Å²) in [5, 5.41) is 46.3. The highest BCUT2D eigenvalue weighted by atomic mass is 16.5. The van der Waals surface area contributed by atoms with Crippen LogP contribution < -0.4 is 11.1 Å². The van der Waals surface area contributed by atoms with Crippen molar-refractivity contribution in [2.24, 2.45) is 23.5 Å². The van der Waals surface area contributed by atoms with Crippen LogP contribution in [0.5, 0.6) is 5.75 Å². The van der Waals surface area contributed by atoms with Crippen LogP contribution in [-0.2, 0) is 35.1 Å². The molecule has 3 aliphatic rings. The number of aromatic hydroxyl groups is 1. The van der Waals surface area contributed by atoms with Crippen LogP contribution in [0.2, 0.25) is 0 Å². The summed E-state index contributed by atoms with van der Waals surface area (Å²) in [4.78, 5) is 61.4. The molecule has 214 valence electrons. The fourth-order valence-corrected chi connectivity index (χ4v) is 6.29. The Hall–Kier alpha value is -4.55. The van der Waals surface area contributed by atoms with E-state index in [1.165, 1.54) is 13.0 Å². The fourth-order valence-electron chi connectivity index (χ4n) is 6.29. The standard InChI is InChI=1S/C29H28N2O10/c1-12(32)41-11-21(35)31-16-4-2-13(3-5-16)17-6-7-19(33)23-18(17)9-14-8-15-10-20(34)24(28(30)39)27(38)29(15,40)26(37)22(14)25(23)36/h2-7,14-15,20,24,33-34,36,40H,8-11H2,1H3,(H2,30,39)(H,31,35)/t14-,15+,20?,24?,29+/m1/s1. The van der Waals surface area contributed by atoms with Gasteiger partial charge in [-0.1, -0.05) is 18.2 Å². The van der Waals surface area contributed by atoms with E-state index in [2.05, 4.69) is 10.1 Å². The van der Waals surface area contributed by atoms with Crippen LogP contribution >= 0.6 is 0 Å². The van der Waals surface area contributed by atoms with Crippen LogP contribution in [0.15, 0.2) is 42.0 Å². The van der Waals surface area contributed by atoms with Gasteiger partial charge in [-0.25, -0.2) is 0 Å². The van der Waals surface area contributed by atoms with Crippen molar-refractivity contribution >= 4 is 40.8 Å². The number of aliphatic hydroxyl groups excluding tert-OH is 2. The van der Waals surface area contributed by atoms with E-state index in [4.69, 9.17) is 5.73 Å². The first-order chi connectivity index (χ1) is 19.3. The smallest absolute Gasteiger partial charge is 0.303 e. The van der Waals surface area contributed by atoms with E-state index >= 15 is 0 Å². The Morgan fingerprint density at radius 2 is 1.76 bits per heavy atom. The second-order valence-electron chi connectivity index (χ2n) is 10.6. The van der Waals surface area contributed by atoms with E-state index in [-0.39, 0.29) is 36.1 Å². The number of primary amides is 1. The van der Waals surface area contributed by atoms with Gasteiger partial charge < -0.3 is 36.2 Å². The van der Waals surface area contributed by atoms with Gasteiger partial charge in [0.15, 0.2) is 18.0 Å². The predicted octanol–water partition coefficient (Wildman–Crippen LogP) is 0.757. The van der Waals surface area contributed by atoms with Gasteiger partial charge >= 0.3 is 5.97 Å². The number of phenolic OH excluding ortho intramolecular Hbond substituents is 1. The highest BCUT2D eigenvalue weighted by Crippen LogP contribution is 2.52. The van der Waals surface area contributed by atoms with E-state index < -0.39 is 71.2 Å². The number of ketones is 2. The topological polar surface area (TPSA) is 214 Å². The number of carbonyl (C=O) groups is 5. The van der Waals surface area contributed by atoms with E-state index in [1.807, 2.05) is 0 Å². The lowest BCUT2D eigenvalue weighted by molar-refractivity contribution is -0.174. The summed E-state index contributed by atoms with van der Waals surface area (Å²) in [6, 6.07) is 9.64. The lowest BCUT2D eigenvalue weighted by atomic mass is 9.56. The van der Waals surface area contributed by atoms with Gasteiger partial charge in [0, 0.05) is 24.1 Å². The maximum Gasteiger partial charge on any atom is 0.303 e. The number of hydrogen-bond donors (Lipinski definition) is 6. The second kappa shape index (κ2) is 10.1. The van der Waals surface area contributed by atoms with Crippen molar-refractivity contribution in [2.75, 3.05) is 11.9 Å². The minimum atomic E-state index is -2.64. The number of Topliss-reactive ketones (excluding diaryl/α,β-unsaturated/α-hetero) is 2. The maximum absolute atomic E-state index is 13.6. The Kier molecular flexibility index (Phi) is 6.92. The quantitative estimate of drug-likeness (QED) is 0.221. The number of benzene rings is 2. The zero-order valence-electron chi connectivity index (χ0n) is 21.9. The molecule has 2 saturated carbocycles. The van der Waals surface area contributed by atoms with Gasteiger partial charge in [0.05, 0.1) is 11.7 Å². The highest BCUT2D eigenvalue weighted by molar-refractivity contribution is 6.24. The van der Waals surface area contributed by atoms with Gasteiger partial charge in [-0.05, 0) is 60.1 Å². The largest absolute Gasteiger partial charge is 0.507 e. The second-order valence-corrected chi connectivity index (χ2v) is 10.6. The predicted molar refractivity (Wildman–Crippen MR) is 142 cm³/mol. The average molecular weight is 565 g/mol. The SMILES string of the molecule is CC(=O)OCC(=O)Nc1ccc(-c2ccc(O)c3c2C[C@H]2C[C@H]4CC(O)C(C(N)=O)C(=O)[C@@]4(O)C(=O)C2=C3O)cc1. The van der Waals surface area contributed by atoms with Crippen molar-refractivity contribution in [3.05, 3.63) is 53.1 Å². The molecule has 3 aliphatic carbocycles. The van der Waals surface area contributed by atoms with E-state index in [0.29, 0.717) is 22.4 Å².